The number of carbonyl (C=O) groups is 1. The summed E-state index contributed by atoms with van der Waals surface area (Å²) in [5, 5.41) is 4.09. The minimum Gasteiger partial charge on any atom is -0.497 e. The molecule has 1 aliphatic rings. The van der Waals surface area contributed by atoms with Crippen LogP contribution in [0.3, 0.4) is 0 Å². The second-order valence-corrected chi connectivity index (χ2v) is 6.29. The van der Waals surface area contributed by atoms with Crippen molar-refractivity contribution < 1.29 is 18.8 Å². The van der Waals surface area contributed by atoms with Gasteiger partial charge in [-0.2, -0.15) is 4.98 Å². The molecule has 0 radical (unpaired) electrons. The number of carbonyl (C=O) groups excluding carboxylic acids is 1. The lowest BCUT2D eigenvalue weighted by Gasteiger charge is -2.16. The number of methoxy groups -OCH3 is 2. The van der Waals surface area contributed by atoms with E-state index in [9.17, 15) is 4.79 Å². The molecule has 7 nitrogen and oxygen atoms in total. The molecule has 0 N–H and O–H groups in total. The van der Waals surface area contributed by atoms with Gasteiger partial charge in [-0.1, -0.05) is 5.16 Å². The van der Waals surface area contributed by atoms with E-state index in [0.717, 1.165) is 22.7 Å². The van der Waals surface area contributed by atoms with Crippen molar-refractivity contribution in [1.29, 1.82) is 0 Å². The Balaban J connectivity index is 1.51. The monoisotopic (exact) mass is 365 g/mol. The fourth-order valence-corrected chi connectivity index (χ4v) is 3.14. The highest BCUT2D eigenvalue weighted by molar-refractivity contribution is 5.96. The molecule has 3 aromatic rings. The van der Waals surface area contributed by atoms with Gasteiger partial charge in [-0.3, -0.25) is 4.79 Å². The molecular weight excluding hydrogens is 346 g/mol. The van der Waals surface area contributed by atoms with E-state index in [1.807, 2.05) is 48.5 Å². The topological polar surface area (TPSA) is 77.7 Å². The third-order valence-electron chi connectivity index (χ3n) is 4.65. The summed E-state index contributed by atoms with van der Waals surface area (Å²) in [6.07, 6.45) is 0.355. The zero-order chi connectivity index (χ0) is 18.8. The van der Waals surface area contributed by atoms with Gasteiger partial charge in [-0.15, -0.1) is 0 Å². The van der Waals surface area contributed by atoms with E-state index in [1.54, 1.807) is 19.1 Å². The Kier molecular flexibility index (Phi) is 4.50. The summed E-state index contributed by atoms with van der Waals surface area (Å²) in [6.45, 7) is 0.521. The predicted octanol–water partition coefficient (Wildman–Crippen LogP) is 3.27. The van der Waals surface area contributed by atoms with E-state index in [-0.39, 0.29) is 11.8 Å². The van der Waals surface area contributed by atoms with Crippen LogP contribution < -0.4 is 14.4 Å². The van der Waals surface area contributed by atoms with Gasteiger partial charge in [0, 0.05) is 30.1 Å². The van der Waals surface area contributed by atoms with Crippen LogP contribution in [0.1, 0.15) is 18.2 Å². The molecule has 1 aromatic heterocycles. The molecule has 7 heteroatoms. The predicted molar refractivity (Wildman–Crippen MR) is 99.0 cm³/mol. The second-order valence-electron chi connectivity index (χ2n) is 6.29. The van der Waals surface area contributed by atoms with E-state index in [4.69, 9.17) is 14.0 Å². The summed E-state index contributed by atoms with van der Waals surface area (Å²) >= 11 is 0. The highest BCUT2D eigenvalue weighted by Gasteiger charge is 2.34. The van der Waals surface area contributed by atoms with Gasteiger partial charge in [-0.05, 0) is 48.5 Å². The minimum atomic E-state index is -0.102. The third kappa shape index (κ3) is 3.36. The first kappa shape index (κ1) is 17.1. The number of aromatic nitrogens is 2. The Hall–Kier alpha value is -3.35. The quantitative estimate of drug-likeness (QED) is 0.691. The van der Waals surface area contributed by atoms with Crippen LogP contribution in [0.25, 0.3) is 11.5 Å². The molecule has 27 heavy (non-hydrogen) atoms. The molecule has 1 saturated heterocycles. The fourth-order valence-electron chi connectivity index (χ4n) is 3.14. The van der Waals surface area contributed by atoms with E-state index in [0.29, 0.717) is 24.7 Å². The van der Waals surface area contributed by atoms with E-state index < -0.39 is 0 Å². The van der Waals surface area contributed by atoms with Crippen molar-refractivity contribution in [2.75, 3.05) is 25.7 Å². The van der Waals surface area contributed by atoms with Crippen LogP contribution in [0.15, 0.2) is 53.1 Å². The van der Waals surface area contributed by atoms with Gasteiger partial charge in [-0.25, -0.2) is 0 Å². The lowest BCUT2D eigenvalue weighted by molar-refractivity contribution is -0.117. The Morgan fingerprint density at radius 3 is 2.26 bits per heavy atom. The van der Waals surface area contributed by atoms with Gasteiger partial charge >= 0.3 is 0 Å². The molecule has 0 spiro atoms. The highest BCUT2D eigenvalue weighted by atomic mass is 16.5. The van der Waals surface area contributed by atoms with Crippen LogP contribution in [0, 0.1) is 0 Å². The van der Waals surface area contributed by atoms with Crippen LogP contribution in [-0.2, 0) is 4.79 Å². The first-order valence-corrected chi connectivity index (χ1v) is 8.60. The molecule has 2 heterocycles. The summed E-state index contributed by atoms with van der Waals surface area (Å²) in [5.74, 6) is 2.43. The highest BCUT2D eigenvalue weighted by Crippen LogP contribution is 2.32. The van der Waals surface area contributed by atoms with Crippen LogP contribution in [0.5, 0.6) is 11.5 Å². The van der Waals surface area contributed by atoms with E-state index in [1.165, 1.54) is 0 Å². The number of anilines is 1. The van der Waals surface area contributed by atoms with Crippen molar-refractivity contribution in [3.63, 3.8) is 0 Å². The van der Waals surface area contributed by atoms with Crippen LogP contribution in [0.4, 0.5) is 5.69 Å². The number of amides is 1. The number of rotatable bonds is 5. The standard InChI is InChI=1S/C20H19N3O4/c1-25-16-7-3-13(4-8-16)20-21-19(22-27-20)14-11-18(24)23(12-14)15-5-9-17(26-2)10-6-15/h3-10,14H,11-12H2,1-2H3/t14-/m1/s1. The van der Waals surface area contributed by atoms with Gasteiger partial charge in [0.2, 0.25) is 5.91 Å². The van der Waals surface area contributed by atoms with Gasteiger partial charge in [0.1, 0.15) is 11.5 Å². The van der Waals surface area contributed by atoms with Gasteiger partial charge in [0.25, 0.3) is 5.89 Å². The molecule has 0 bridgehead atoms. The van der Waals surface area contributed by atoms with E-state index in [2.05, 4.69) is 10.1 Å². The second kappa shape index (κ2) is 7.11. The lowest BCUT2D eigenvalue weighted by Crippen LogP contribution is -2.24. The molecule has 2 aromatic carbocycles. The summed E-state index contributed by atoms with van der Waals surface area (Å²) in [7, 11) is 3.23. The Labute approximate surface area is 156 Å². The van der Waals surface area contributed by atoms with Gasteiger partial charge in [0.15, 0.2) is 5.82 Å². The van der Waals surface area contributed by atoms with Crippen molar-refractivity contribution >= 4 is 11.6 Å². The van der Waals surface area contributed by atoms with Crippen molar-refractivity contribution in [3.8, 4) is 23.0 Å². The summed E-state index contributed by atoms with van der Waals surface area (Å²) in [4.78, 5) is 18.7. The molecule has 0 saturated carbocycles. The molecule has 0 unspecified atom stereocenters. The van der Waals surface area contributed by atoms with Gasteiger partial charge in [0.05, 0.1) is 14.2 Å². The van der Waals surface area contributed by atoms with Crippen molar-refractivity contribution in [3.05, 3.63) is 54.4 Å². The first-order chi connectivity index (χ1) is 13.2. The molecule has 4 rings (SSSR count). The number of hydrogen-bond acceptors (Lipinski definition) is 6. The SMILES string of the molecule is COc1ccc(-c2nc([C@@H]3CC(=O)N(c4ccc(OC)cc4)C3)no2)cc1. The smallest absolute Gasteiger partial charge is 0.257 e. The maximum absolute atomic E-state index is 12.5. The largest absolute Gasteiger partial charge is 0.497 e. The van der Waals surface area contributed by atoms with Crippen molar-refractivity contribution in [2.45, 2.75) is 12.3 Å². The van der Waals surface area contributed by atoms with Crippen LogP contribution in [-0.4, -0.2) is 36.8 Å². The zero-order valence-electron chi connectivity index (χ0n) is 15.1. The molecule has 1 amide bonds. The van der Waals surface area contributed by atoms with Crippen LogP contribution in [0.2, 0.25) is 0 Å². The maximum atomic E-state index is 12.5. The van der Waals surface area contributed by atoms with Crippen molar-refractivity contribution in [2.24, 2.45) is 0 Å². The number of ether oxygens (including phenoxy) is 2. The fraction of sp³-hybridized carbons (Fsp3) is 0.250. The molecule has 1 fully saturated rings. The normalized spacial score (nSPS) is 16.6. The molecule has 1 atom stereocenters. The molecule has 1 aliphatic heterocycles. The average Bonchev–Trinajstić information content (AvgIpc) is 3.35. The maximum Gasteiger partial charge on any atom is 0.257 e. The summed E-state index contributed by atoms with van der Waals surface area (Å²) < 4.78 is 15.7. The Morgan fingerprint density at radius 1 is 1.00 bits per heavy atom. The molecule has 138 valence electrons. The number of benzene rings is 2. The molecule has 0 aliphatic carbocycles. The summed E-state index contributed by atoms with van der Waals surface area (Å²) in [5.41, 5.74) is 1.65. The molecular formula is C20H19N3O4. The minimum absolute atomic E-state index is 0.0426. The average molecular weight is 365 g/mol. The van der Waals surface area contributed by atoms with Crippen molar-refractivity contribution in [1.82, 2.24) is 10.1 Å². The zero-order valence-corrected chi connectivity index (χ0v) is 15.1. The lowest BCUT2D eigenvalue weighted by atomic mass is 10.1. The van der Waals surface area contributed by atoms with E-state index >= 15 is 0 Å². The summed E-state index contributed by atoms with van der Waals surface area (Å²) in [6, 6.07) is 14.8. The van der Waals surface area contributed by atoms with Gasteiger partial charge < -0.3 is 18.9 Å². The van der Waals surface area contributed by atoms with Crippen LogP contribution >= 0.6 is 0 Å². The first-order valence-electron chi connectivity index (χ1n) is 8.60. The Morgan fingerprint density at radius 2 is 1.63 bits per heavy atom. The number of hydrogen-bond donors (Lipinski definition) is 0. The number of nitrogens with zero attached hydrogens (tertiary/aromatic N) is 3. The Bertz CT molecular complexity index is 935. The third-order valence-corrected chi connectivity index (χ3v) is 4.65.